The highest BCUT2D eigenvalue weighted by molar-refractivity contribution is 7.91. The molecule has 6 nitrogen and oxygen atoms in total. The Morgan fingerprint density at radius 1 is 1.22 bits per heavy atom. The summed E-state index contributed by atoms with van der Waals surface area (Å²) in [6.45, 7) is 2.30. The second-order valence-electron chi connectivity index (χ2n) is 6.09. The van der Waals surface area contributed by atoms with Gasteiger partial charge in [-0.15, -0.1) is 0 Å². The average molecular weight is 338 g/mol. The summed E-state index contributed by atoms with van der Waals surface area (Å²) in [5, 5.41) is 5.71. The molecule has 1 aliphatic heterocycles. The molecule has 2 amide bonds. The number of amides is 2. The minimum atomic E-state index is -3.22. The molecule has 1 aromatic rings. The minimum absolute atomic E-state index is 0.0576. The van der Waals surface area contributed by atoms with Crippen molar-refractivity contribution in [1.29, 1.82) is 0 Å². The zero-order valence-corrected chi connectivity index (χ0v) is 13.9. The van der Waals surface area contributed by atoms with E-state index in [2.05, 4.69) is 10.6 Å². The van der Waals surface area contributed by atoms with Crippen molar-refractivity contribution in [2.45, 2.75) is 43.2 Å². The number of hydrogen-bond acceptors (Lipinski definition) is 4. The summed E-state index contributed by atoms with van der Waals surface area (Å²) >= 11 is 0. The number of carbonyl (C=O) groups excluding carboxylic acids is 1. The van der Waals surface area contributed by atoms with Gasteiger partial charge in [-0.25, -0.2) is 13.2 Å². The molecule has 0 bridgehead atoms. The Morgan fingerprint density at radius 3 is 2.52 bits per heavy atom. The molecule has 0 aromatic heterocycles. The summed E-state index contributed by atoms with van der Waals surface area (Å²) in [4.78, 5) is 12.4. The van der Waals surface area contributed by atoms with Gasteiger partial charge in [0.15, 0.2) is 9.84 Å². The number of carbonyl (C=O) groups is 1. The van der Waals surface area contributed by atoms with Gasteiger partial charge in [0.25, 0.3) is 0 Å². The molecule has 1 heterocycles. The molecule has 3 rings (SSSR count). The predicted molar refractivity (Wildman–Crippen MR) is 87.2 cm³/mol. The molecule has 1 saturated carbocycles. The van der Waals surface area contributed by atoms with Gasteiger partial charge in [-0.2, -0.15) is 0 Å². The third-order valence-electron chi connectivity index (χ3n) is 4.39. The highest BCUT2D eigenvalue weighted by Crippen LogP contribution is 2.38. The Kier molecular flexibility index (Phi) is 4.59. The van der Waals surface area contributed by atoms with Crippen LogP contribution in [0.1, 0.15) is 26.2 Å². The van der Waals surface area contributed by atoms with Crippen molar-refractivity contribution in [3.63, 3.8) is 0 Å². The van der Waals surface area contributed by atoms with Crippen LogP contribution in [0.5, 0.6) is 0 Å². The van der Waals surface area contributed by atoms with Crippen molar-refractivity contribution in [3.8, 4) is 0 Å². The number of ether oxygens (including phenoxy) is 1. The van der Waals surface area contributed by atoms with Crippen molar-refractivity contribution in [2.24, 2.45) is 5.92 Å². The lowest BCUT2D eigenvalue weighted by Gasteiger charge is -2.19. The molecule has 0 radical (unpaired) electrons. The van der Waals surface area contributed by atoms with Crippen LogP contribution >= 0.6 is 0 Å². The highest BCUT2D eigenvalue weighted by atomic mass is 32.2. The van der Waals surface area contributed by atoms with Crippen molar-refractivity contribution >= 4 is 21.6 Å². The van der Waals surface area contributed by atoms with Gasteiger partial charge in [-0.05, 0) is 49.4 Å². The van der Waals surface area contributed by atoms with Crippen molar-refractivity contribution in [2.75, 3.05) is 17.7 Å². The fraction of sp³-hybridized carbons (Fsp3) is 0.562. The first-order chi connectivity index (χ1) is 11.0. The zero-order chi connectivity index (χ0) is 16.4. The Labute approximate surface area is 136 Å². The normalized spacial score (nSPS) is 24.4. The number of rotatable bonds is 5. The van der Waals surface area contributed by atoms with E-state index >= 15 is 0 Å². The van der Waals surface area contributed by atoms with E-state index in [0.29, 0.717) is 18.2 Å². The van der Waals surface area contributed by atoms with Crippen LogP contribution in [0.3, 0.4) is 0 Å². The third-order valence-corrected chi connectivity index (χ3v) is 6.14. The number of anilines is 1. The monoisotopic (exact) mass is 338 g/mol. The van der Waals surface area contributed by atoms with E-state index in [0.717, 1.165) is 6.42 Å². The molecule has 2 fully saturated rings. The first-order valence-corrected chi connectivity index (χ1v) is 9.67. The SMILES string of the molecule is CCS(=O)(=O)c1ccc(NC(=O)N[C@H]2CCO[C@@H]2C2CC2)cc1. The van der Waals surface area contributed by atoms with E-state index in [-0.39, 0.29) is 28.8 Å². The molecular weight excluding hydrogens is 316 g/mol. The predicted octanol–water partition coefficient (Wildman–Crippen LogP) is 2.17. The number of nitrogens with one attached hydrogen (secondary N) is 2. The molecule has 2 N–H and O–H groups in total. The quantitative estimate of drug-likeness (QED) is 0.862. The Hall–Kier alpha value is -1.60. The van der Waals surface area contributed by atoms with Crippen LogP contribution in [0.4, 0.5) is 10.5 Å². The summed E-state index contributed by atoms with van der Waals surface area (Å²) in [5.74, 6) is 0.645. The van der Waals surface area contributed by atoms with Crippen LogP contribution in [-0.2, 0) is 14.6 Å². The van der Waals surface area contributed by atoms with Crippen LogP contribution in [0.15, 0.2) is 29.2 Å². The second-order valence-corrected chi connectivity index (χ2v) is 8.37. The van der Waals surface area contributed by atoms with Gasteiger partial charge >= 0.3 is 6.03 Å². The van der Waals surface area contributed by atoms with E-state index in [1.54, 1.807) is 19.1 Å². The third kappa shape index (κ3) is 3.84. The number of benzene rings is 1. The maximum Gasteiger partial charge on any atom is 0.319 e. The van der Waals surface area contributed by atoms with Gasteiger partial charge in [0, 0.05) is 12.3 Å². The van der Waals surface area contributed by atoms with Gasteiger partial charge in [-0.3, -0.25) is 0 Å². The largest absolute Gasteiger partial charge is 0.376 e. The van der Waals surface area contributed by atoms with Gasteiger partial charge in [0.2, 0.25) is 0 Å². The first-order valence-electron chi connectivity index (χ1n) is 8.01. The lowest BCUT2D eigenvalue weighted by Crippen LogP contribution is -2.43. The van der Waals surface area contributed by atoms with E-state index in [9.17, 15) is 13.2 Å². The Morgan fingerprint density at radius 2 is 1.91 bits per heavy atom. The molecule has 2 atom stereocenters. The molecule has 1 aliphatic carbocycles. The van der Waals surface area contributed by atoms with Crippen LogP contribution in [0, 0.1) is 5.92 Å². The van der Waals surface area contributed by atoms with Gasteiger partial charge in [0.05, 0.1) is 22.8 Å². The zero-order valence-electron chi connectivity index (χ0n) is 13.1. The highest BCUT2D eigenvalue weighted by Gasteiger charge is 2.41. The summed E-state index contributed by atoms with van der Waals surface area (Å²) < 4.78 is 29.2. The molecule has 0 spiro atoms. The summed E-state index contributed by atoms with van der Waals surface area (Å²) in [6, 6.07) is 6.01. The lowest BCUT2D eigenvalue weighted by atomic mass is 10.1. The smallest absolute Gasteiger partial charge is 0.319 e. The van der Waals surface area contributed by atoms with E-state index < -0.39 is 9.84 Å². The van der Waals surface area contributed by atoms with E-state index in [1.165, 1.54) is 25.0 Å². The summed E-state index contributed by atoms with van der Waals surface area (Å²) in [6.07, 6.45) is 3.33. The summed E-state index contributed by atoms with van der Waals surface area (Å²) in [7, 11) is -3.22. The lowest BCUT2D eigenvalue weighted by molar-refractivity contribution is 0.0829. The first kappa shape index (κ1) is 16.3. The maximum absolute atomic E-state index is 12.1. The van der Waals surface area contributed by atoms with Crippen LogP contribution in [0.25, 0.3) is 0 Å². The van der Waals surface area contributed by atoms with Gasteiger partial charge in [0.1, 0.15) is 0 Å². The average Bonchev–Trinajstić information content (AvgIpc) is 3.28. The minimum Gasteiger partial charge on any atom is -0.376 e. The molecule has 126 valence electrons. The second kappa shape index (κ2) is 6.49. The van der Waals surface area contributed by atoms with Crippen LogP contribution in [0.2, 0.25) is 0 Å². The number of hydrogen-bond donors (Lipinski definition) is 2. The van der Waals surface area contributed by atoms with Crippen molar-refractivity contribution in [1.82, 2.24) is 5.32 Å². The topological polar surface area (TPSA) is 84.5 Å². The Bertz CT molecular complexity index is 668. The van der Waals surface area contributed by atoms with Gasteiger partial charge < -0.3 is 15.4 Å². The summed E-state index contributed by atoms with van der Waals surface area (Å²) in [5.41, 5.74) is 0.569. The Balaban J connectivity index is 1.57. The molecular formula is C16H22N2O4S. The van der Waals surface area contributed by atoms with Crippen molar-refractivity contribution < 1.29 is 17.9 Å². The maximum atomic E-state index is 12.1. The van der Waals surface area contributed by atoms with Crippen LogP contribution in [-0.4, -0.2) is 39.0 Å². The fourth-order valence-corrected chi connectivity index (χ4v) is 3.79. The molecule has 1 aromatic carbocycles. The number of urea groups is 1. The molecule has 23 heavy (non-hydrogen) atoms. The van der Waals surface area contributed by atoms with Crippen molar-refractivity contribution in [3.05, 3.63) is 24.3 Å². The van der Waals surface area contributed by atoms with Crippen LogP contribution < -0.4 is 10.6 Å². The molecule has 2 aliphatic rings. The molecule has 1 saturated heterocycles. The standard InChI is InChI=1S/C16H22N2O4S/c1-2-23(20,21)13-7-5-12(6-8-13)17-16(19)18-14-9-10-22-15(14)11-3-4-11/h5-8,11,14-15H,2-4,9-10H2,1H3,(H2,17,18,19)/t14-,15+/m0/s1. The van der Waals surface area contributed by atoms with Gasteiger partial charge in [-0.1, -0.05) is 6.92 Å². The number of sulfone groups is 1. The van der Waals surface area contributed by atoms with E-state index in [1.807, 2.05) is 0 Å². The fourth-order valence-electron chi connectivity index (χ4n) is 2.90. The van der Waals surface area contributed by atoms with E-state index in [4.69, 9.17) is 4.74 Å². The molecule has 0 unspecified atom stereocenters. The molecule has 7 heteroatoms.